The first-order valence-electron chi connectivity index (χ1n) is 3.89. The first-order chi connectivity index (χ1) is 6.61. The zero-order chi connectivity index (χ0) is 10.7. The van der Waals surface area contributed by atoms with Gasteiger partial charge in [0.05, 0.1) is 22.7 Å². The van der Waals surface area contributed by atoms with Crippen LogP contribution in [0.5, 0.6) is 5.75 Å². The van der Waals surface area contributed by atoms with Crippen molar-refractivity contribution in [2.75, 3.05) is 7.11 Å². The van der Waals surface area contributed by atoms with E-state index in [0.29, 0.717) is 21.3 Å². The maximum atomic E-state index is 11.3. The Morgan fingerprint density at radius 2 is 2.21 bits per heavy atom. The lowest BCUT2D eigenvalue weighted by Gasteiger charge is -2.08. The van der Waals surface area contributed by atoms with Gasteiger partial charge >= 0.3 is 0 Å². The van der Waals surface area contributed by atoms with E-state index in [4.69, 9.17) is 10.00 Å². The molecular formula is C10H8BrNO2. The summed E-state index contributed by atoms with van der Waals surface area (Å²) < 4.78 is 5.73. The predicted molar refractivity (Wildman–Crippen MR) is 55.4 cm³/mol. The van der Waals surface area contributed by atoms with Crippen LogP contribution >= 0.6 is 15.9 Å². The second-order valence-electron chi connectivity index (χ2n) is 2.67. The number of rotatable bonds is 2. The van der Waals surface area contributed by atoms with E-state index >= 15 is 0 Å². The number of carbonyl (C=O) groups is 1. The molecule has 0 saturated carbocycles. The number of halogens is 1. The number of methoxy groups -OCH3 is 1. The second-order valence-corrected chi connectivity index (χ2v) is 3.53. The molecule has 0 saturated heterocycles. The fraction of sp³-hybridized carbons (Fsp3) is 0.200. The van der Waals surface area contributed by atoms with Crippen LogP contribution in [0.1, 0.15) is 22.8 Å². The molecule has 0 aliphatic heterocycles. The third-order valence-corrected chi connectivity index (χ3v) is 2.41. The van der Waals surface area contributed by atoms with Crippen LogP contribution in [0.4, 0.5) is 0 Å². The molecule has 72 valence electrons. The van der Waals surface area contributed by atoms with Gasteiger partial charge in [-0.3, -0.25) is 4.79 Å². The Labute approximate surface area is 90.4 Å². The SMILES string of the molecule is COc1c(Br)ccc(C#N)c1C(C)=O. The van der Waals surface area contributed by atoms with Gasteiger partial charge in [-0.2, -0.15) is 5.26 Å². The lowest BCUT2D eigenvalue weighted by Crippen LogP contribution is -2.01. The van der Waals surface area contributed by atoms with Crippen LogP contribution < -0.4 is 4.74 Å². The fourth-order valence-corrected chi connectivity index (χ4v) is 1.69. The normalized spacial score (nSPS) is 9.29. The van der Waals surface area contributed by atoms with Crippen molar-refractivity contribution >= 4 is 21.7 Å². The van der Waals surface area contributed by atoms with Gasteiger partial charge in [-0.25, -0.2) is 0 Å². The number of hydrogen-bond acceptors (Lipinski definition) is 3. The Morgan fingerprint density at radius 1 is 1.57 bits per heavy atom. The molecule has 4 heteroatoms. The van der Waals surface area contributed by atoms with Crippen LogP contribution in [-0.2, 0) is 0 Å². The van der Waals surface area contributed by atoms with E-state index in [-0.39, 0.29) is 5.78 Å². The Hall–Kier alpha value is -1.34. The summed E-state index contributed by atoms with van der Waals surface area (Å²) in [7, 11) is 1.47. The van der Waals surface area contributed by atoms with Gasteiger partial charge in [0.15, 0.2) is 5.78 Å². The average Bonchev–Trinajstić information content (AvgIpc) is 2.17. The molecule has 3 nitrogen and oxygen atoms in total. The van der Waals surface area contributed by atoms with Crippen molar-refractivity contribution in [3.8, 4) is 11.8 Å². The van der Waals surface area contributed by atoms with Crippen LogP contribution in [0.15, 0.2) is 16.6 Å². The summed E-state index contributed by atoms with van der Waals surface area (Å²) in [6, 6.07) is 5.23. The average molecular weight is 254 g/mol. The minimum atomic E-state index is -0.181. The van der Waals surface area contributed by atoms with E-state index < -0.39 is 0 Å². The summed E-state index contributed by atoms with van der Waals surface area (Å²) in [5.74, 6) is 0.233. The van der Waals surface area contributed by atoms with Crippen molar-refractivity contribution in [2.45, 2.75) is 6.92 Å². The molecule has 0 unspecified atom stereocenters. The molecule has 0 amide bonds. The number of hydrogen-bond donors (Lipinski definition) is 0. The van der Waals surface area contributed by atoms with Crippen molar-refractivity contribution in [1.82, 2.24) is 0 Å². The van der Waals surface area contributed by atoms with Gasteiger partial charge in [0.25, 0.3) is 0 Å². The molecule has 0 fully saturated rings. The molecule has 0 atom stereocenters. The standard InChI is InChI=1S/C10H8BrNO2/c1-6(13)9-7(5-12)3-4-8(11)10(9)14-2/h3-4H,1-2H3. The topological polar surface area (TPSA) is 50.1 Å². The highest BCUT2D eigenvalue weighted by Gasteiger charge is 2.16. The smallest absolute Gasteiger partial charge is 0.164 e. The molecule has 0 N–H and O–H groups in total. The van der Waals surface area contributed by atoms with E-state index in [2.05, 4.69) is 15.9 Å². The first-order valence-corrected chi connectivity index (χ1v) is 4.68. The van der Waals surface area contributed by atoms with Gasteiger partial charge < -0.3 is 4.74 Å². The van der Waals surface area contributed by atoms with Crippen molar-refractivity contribution in [1.29, 1.82) is 5.26 Å². The zero-order valence-corrected chi connectivity index (χ0v) is 9.38. The van der Waals surface area contributed by atoms with E-state index in [1.165, 1.54) is 14.0 Å². The molecule has 0 spiro atoms. The molecule has 0 radical (unpaired) electrons. The Balaban J connectivity index is 3.54. The molecular weight excluding hydrogens is 246 g/mol. The lowest BCUT2D eigenvalue weighted by atomic mass is 10.0. The highest BCUT2D eigenvalue weighted by Crippen LogP contribution is 2.31. The van der Waals surface area contributed by atoms with Gasteiger partial charge in [0.1, 0.15) is 11.8 Å². The Kier molecular flexibility index (Phi) is 3.26. The van der Waals surface area contributed by atoms with Crippen LogP contribution in [0.3, 0.4) is 0 Å². The van der Waals surface area contributed by atoms with Crippen molar-refractivity contribution in [3.63, 3.8) is 0 Å². The fourth-order valence-electron chi connectivity index (χ4n) is 1.20. The predicted octanol–water partition coefficient (Wildman–Crippen LogP) is 2.53. The van der Waals surface area contributed by atoms with Crippen LogP contribution in [-0.4, -0.2) is 12.9 Å². The number of Topliss-reactive ketones (excluding diaryl/α,β-unsaturated/α-hetero) is 1. The van der Waals surface area contributed by atoms with Crippen LogP contribution in [0, 0.1) is 11.3 Å². The van der Waals surface area contributed by atoms with E-state index in [0.717, 1.165) is 0 Å². The van der Waals surface area contributed by atoms with E-state index in [1.807, 2.05) is 6.07 Å². The number of carbonyl (C=O) groups excluding carboxylic acids is 1. The quantitative estimate of drug-likeness (QED) is 0.762. The molecule has 1 rings (SSSR count). The summed E-state index contributed by atoms with van der Waals surface area (Å²) in [5.41, 5.74) is 0.655. The minimum Gasteiger partial charge on any atom is -0.495 e. The number of nitriles is 1. The first kappa shape index (κ1) is 10.7. The molecule has 0 bridgehead atoms. The number of benzene rings is 1. The Bertz CT molecular complexity index is 421. The number of ketones is 1. The van der Waals surface area contributed by atoms with E-state index in [1.54, 1.807) is 12.1 Å². The number of nitrogens with zero attached hydrogens (tertiary/aromatic N) is 1. The molecule has 1 aromatic rings. The lowest BCUT2D eigenvalue weighted by molar-refractivity contribution is 0.101. The van der Waals surface area contributed by atoms with Gasteiger partial charge in [-0.15, -0.1) is 0 Å². The van der Waals surface area contributed by atoms with Gasteiger partial charge in [-0.05, 0) is 35.0 Å². The highest BCUT2D eigenvalue weighted by molar-refractivity contribution is 9.10. The monoisotopic (exact) mass is 253 g/mol. The van der Waals surface area contributed by atoms with Crippen LogP contribution in [0.25, 0.3) is 0 Å². The molecule has 0 aliphatic rings. The zero-order valence-electron chi connectivity index (χ0n) is 7.80. The van der Waals surface area contributed by atoms with Crippen molar-refractivity contribution in [2.24, 2.45) is 0 Å². The molecule has 0 aliphatic carbocycles. The maximum Gasteiger partial charge on any atom is 0.164 e. The minimum absolute atomic E-state index is 0.181. The van der Waals surface area contributed by atoms with Gasteiger partial charge in [-0.1, -0.05) is 0 Å². The van der Waals surface area contributed by atoms with Gasteiger partial charge in [0, 0.05) is 0 Å². The summed E-state index contributed by atoms with van der Waals surface area (Å²) in [4.78, 5) is 11.3. The van der Waals surface area contributed by atoms with Crippen molar-refractivity contribution in [3.05, 3.63) is 27.7 Å². The number of ether oxygens (including phenoxy) is 1. The molecule has 14 heavy (non-hydrogen) atoms. The maximum absolute atomic E-state index is 11.3. The van der Waals surface area contributed by atoms with Gasteiger partial charge in [0.2, 0.25) is 0 Å². The second kappa shape index (κ2) is 4.25. The summed E-state index contributed by atoms with van der Waals surface area (Å²) in [6.07, 6.45) is 0. The summed E-state index contributed by atoms with van der Waals surface area (Å²) >= 11 is 3.25. The van der Waals surface area contributed by atoms with Crippen molar-refractivity contribution < 1.29 is 9.53 Å². The largest absolute Gasteiger partial charge is 0.495 e. The van der Waals surface area contributed by atoms with E-state index in [9.17, 15) is 4.79 Å². The summed E-state index contributed by atoms with van der Waals surface area (Å²) in [6.45, 7) is 1.41. The van der Waals surface area contributed by atoms with Crippen LogP contribution in [0.2, 0.25) is 0 Å². The molecule has 0 heterocycles. The molecule has 0 aromatic heterocycles. The third kappa shape index (κ3) is 1.78. The Morgan fingerprint density at radius 3 is 2.64 bits per heavy atom. The summed E-state index contributed by atoms with van der Waals surface area (Å²) in [5, 5.41) is 8.81. The third-order valence-electron chi connectivity index (χ3n) is 1.79. The molecule has 1 aromatic carbocycles. The highest BCUT2D eigenvalue weighted by atomic mass is 79.9.